The lowest BCUT2D eigenvalue weighted by Crippen LogP contribution is -2.40. The lowest BCUT2D eigenvalue weighted by Gasteiger charge is -2.29. The van der Waals surface area contributed by atoms with Crippen LogP contribution in [0.1, 0.15) is 37.8 Å². The number of hydrogen-bond acceptors (Lipinski definition) is 4. The van der Waals surface area contributed by atoms with Gasteiger partial charge in [0.15, 0.2) is 0 Å². The highest BCUT2D eigenvalue weighted by molar-refractivity contribution is 5.82. The lowest BCUT2D eigenvalue weighted by molar-refractivity contribution is -0.0395. The number of aliphatic hydroxyl groups is 1. The SMILES string of the molecule is C=Cc1cc2c(=O)n(C3CCOCC3O)cnc2c2c1=CCCC(C)C=2. The van der Waals surface area contributed by atoms with Gasteiger partial charge in [-0.15, -0.1) is 0 Å². The summed E-state index contributed by atoms with van der Waals surface area (Å²) in [6.07, 6.45) is 9.82. The van der Waals surface area contributed by atoms with Crippen molar-refractivity contribution in [3.05, 3.63) is 45.3 Å². The number of hydrogen-bond donors (Lipinski definition) is 1. The van der Waals surface area contributed by atoms with Crippen molar-refractivity contribution >= 4 is 29.1 Å². The molecule has 0 saturated carbocycles. The van der Waals surface area contributed by atoms with Gasteiger partial charge in [-0.3, -0.25) is 9.36 Å². The van der Waals surface area contributed by atoms with E-state index < -0.39 is 6.10 Å². The minimum atomic E-state index is -0.694. The minimum absolute atomic E-state index is 0.114. The van der Waals surface area contributed by atoms with E-state index in [1.54, 1.807) is 17.0 Å². The summed E-state index contributed by atoms with van der Waals surface area (Å²) < 4.78 is 6.86. The molecule has 0 bridgehead atoms. The summed E-state index contributed by atoms with van der Waals surface area (Å²) in [6.45, 7) is 6.90. The van der Waals surface area contributed by atoms with Crippen LogP contribution in [0.4, 0.5) is 0 Å². The topological polar surface area (TPSA) is 64.3 Å². The van der Waals surface area contributed by atoms with Gasteiger partial charge in [0.25, 0.3) is 5.56 Å². The van der Waals surface area contributed by atoms with Gasteiger partial charge in [0.05, 0.1) is 36.0 Å². The van der Waals surface area contributed by atoms with Crippen molar-refractivity contribution in [1.29, 1.82) is 0 Å². The first-order valence-corrected chi connectivity index (χ1v) is 9.24. The lowest BCUT2D eigenvalue weighted by atomic mass is 10.0. The Morgan fingerprint density at radius 1 is 1.38 bits per heavy atom. The molecule has 1 aliphatic carbocycles. The summed E-state index contributed by atoms with van der Waals surface area (Å²) in [5.74, 6) is 0.428. The van der Waals surface area contributed by atoms with Crippen molar-refractivity contribution in [1.82, 2.24) is 9.55 Å². The molecule has 1 N–H and O–H groups in total. The van der Waals surface area contributed by atoms with Crippen LogP contribution in [0, 0.1) is 5.92 Å². The molecule has 4 rings (SSSR count). The van der Waals surface area contributed by atoms with Gasteiger partial charge in [-0.2, -0.15) is 0 Å². The summed E-state index contributed by atoms with van der Waals surface area (Å²) >= 11 is 0. The monoisotopic (exact) mass is 352 g/mol. The molecule has 1 saturated heterocycles. The van der Waals surface area contributed by atoms with Crippen molar-refractivity contribution < 1.29 is 9.84 Å². The molecule has 5 nitrogen and oxygen atoms in total. The Bertz CT molecular complexity index is 1040. The predicted molar refractivity (Wildman–Crippen MR) is 103 cm³/mol. The number of benzene rings is 1. The van der Waals surface area contributed by atoms with Gasteiger partial charge in [0.2, 0.25) is 0 Å². The highest BCUT2D eigenvalue weighted by Gasteiger charge is 2.27. The zero-order valence-corrected chi connectivity index (χ0v) is 15.0. The van der Waals surface area contributed by atoms with E-state index in [1.165, 1.54) is 0 Å². The molecule has 1 aromatic heterocycles. The van der Waals surface area contributed by atoms with E-state index in [9.17, 15) is 9.90 Å². The molecule has 1 aromatic carbocycles. The summed E-state index contributed by atoms with van der Waals surface area (Å²) in [4.78, 5) is 17.8. The third-order valence-electron chi connectivity index (χ3n) is 5.48. The summed E-state index contributed by atoms with van der Waals surface area (Å²) in [6, 6.07) is 1.59. The van der Waals surface area contributed by atoms with Gasteiger partial charge >= 0.3 is 0 Å². The van der Waals surface area contributed by atoms with E-state index >= 15 is 0 Å². The Morgan fingerprint density at radius 2 is 2.23 bits per heavy atom. The Hall–Kier alpha value is -2.24. The van der Waals surface area contributed by atoms with E-state index in [-0.39, 0.29) is 18.2 Å². The average Bonchev–Trinajstić information content (AvgIpc) is 2.84. The van der Waals surface area contributed by atoms with Crippen LogP contribution >= 0.6 is 0 Å². The third kappa shape index (κ3) is 2.81. The predicted octanol–water partition coefficient (Wildman–Crippen LogP) is 1.35. The maximum Gasteiger partial charge on any atom is 0.261 e. The van der Waals surface area contributed by atoms with Crippen LogP contribution in [0.25, 0.3) is 29.1 Å². The maximum atomic E-state index is 13.2. The summed E-state index contributed by atoms with van der Waals surface area (Å²) in [7, 11) is 0. The molecule has 5 heteroatoms. The number of rotatable bonds is 2. The molecule has 3 unspecified atom stereocenters. The average molecular weight is 352 g/mol. The number of nitrogens with zero attached hydrogens (tertiary/aromatic N) is 2. The van der Waals surface area contributed by atoms with Gasteiger partial charge in [-0.25, -0.2) is 4.98 Å². The van der Waals surface area contributed by atoms with Crippen LogP contribution in [0.3, 0.4) is 0 Å². The molecule has 3 atom stereocenters. The fraction of sp³-hybridized carbons (Fsp3) is 0.429. The Kier molecular flexibility index (Phi) is 4.51. The second-order valence-corrected chi connectivity index (χ2v) is 7.27. The van der Waals surface area contributed by atoms with E-state index in [0.29, 0.717) is 24.3 Å². The number of fused-ring (bicyclic) bond motifs is 3. The first-order valence-electron chi connectivity index (χ1n) is 9.24. The second kappa shape index (κ2) is 6.82. The molecular weight excluding hydrogens is 328 g/mol. The van der Waals surface area contributed by atoms with E-state index in [0.717, 1.165) is 34.4 Å². The second-order valence-electron chi connectivity index (χ2n) is 7.27. The normalized spacial score (nSPS) is 25.7. The molecule has 2 aromatic rings. The van der Waals surface area contributed by atoms with Gasteiger partial charge in [0.1, 0.15) is 0 Å². The van der Waals surface area contributed by atoms with E-state index in [1.807, 2.05) is 6.07 Å². The van der Waals surface area contributed by atoms with Gasteiger partial charge in [-0.1, -0.05) is 31.7 Å². The Balaban J connectivity index is 2.02. The highest BCUT2D eigenvalue weighted by atomic mass is 16.5. The summed E-state index contributed by atoms with van der Waals surface area (Å²) in [5, 5.41) is 13.0. The molecular formula is C21H24N2O3. The summed E-state index contributed by atoms with van der Waals surface area (Å²) in [5.41, 5.74) is 1.58. The van der Waals surface area contributed by atoms with Crippen LogP contribution in [0.5, 0.6) is 0 Å². The Labute approximate surface area is 151 Å². The molecule has 1 aliphatic heterocycles. The van der Waals surface area contributed by atoms with E-state index in [2.05, 4.69) is 30.6 Å². The number of aromatic nitrogens is 2. The van der Waals surface area contributed by atoms with Crippen LogP contribution in [-0.4, -0.2) is 34.0 Å². The molecule has 0 radical (unpaired) electrons. The van der Waals surface area contributed by atoms with E-state index in [4.69, 9.17) is 4.74 Å². The highest BCUT2D eigenvalue weighted by Crippen LogP contribution is 2.20. The van der Waals surface area contributed by atoms with Crippen molar-refractivity contribution in [3.63, 3.8) is 0 Å². The molecule has 136 valence electrons. The molecule has 26 heavy (non-hydrogen) atoms. The first kappa shape index (κ1) is 17.2. The minimum Gasteiger partial charge on any atom is -0.389 e. The maximum absolute atomic E-state index is 13.2. The molecule has 2 heterocycles. The van der Waals surface area contributed by atoms with Crippen molar-refractivity contribution in [3.8, 4) is 0 Å². The van der Waals surface area contributed by atoms with Gasteiger partial charge in [0, 0.05) is 11.8 Å². The van der Waals surface area contributed by atoms with Gasteiger partial charge < -0.3 is 9.84 Å². The van der Waals surface area contributed by atoms with Crippen LogP contribution in [-0.2, 0) is 4.74 Å². The fourth-order valence-corrected chi connectivity index (χ4v) is 4.04. The quantitative estimate of drug-likeness (QED) is 0.886. The first-order chi connectivity index (χ1) is 12.6. The molecule has 1 fully saturated rings. The van der Waals surface area contributed by atoms with Crippen molar-refractivity contribution in [2.45, 2.75) is 38.3 Å². The molecule has 0 amide bonds. The number of aliphatic hydroxyl groups excluding tert-OH is 1. The molecule has 0 spiro atoms. The largest absolute Gasteiger partial charge is 0.389 e. The zero-order valence-electron chi connectivity index (χ0n) is 15.0. The van der Waals surface area contributed by atoms with Gasteiger partial charge in [-0.05, 0) is 42.0 Å². The van der Waals surface area contributed by atoms with Crippen molar-refractivity contribution in [2.24, 2.45) is 5.92 Å². The van der Waals surface area contributed by atoms with Crippen molar-refractivity contribution in [2.75, 3.05) is 13.2 Å². The third-order valence-corrected chi connectivity index (χ3v) is 5.48. The number of ether oxygens (including phenoxy) is 1. The standard InChI is InChI=1S/C21H24N2O3/c1-3-14-10-17-20(16-9-13(2)5-4-6-15(14)16)22-12-23(21(17)25)18-7-8-26-11-19(18)24/h3,6,9-10,12-13,18-19,24H,1,4-5,7-8,11H2,2H3. The fourth-order valence-electron chi connectivity index (χ4n) is 4.04. The van der Waals surface area contributed by atoms with Crippen LogP contribution < -0.4 is 16.0 Å². The van der Waals surface area contributed by atoms with Crippen LogP contribution in [0.15, 0.2) is 23.8 Å². The molecule has 2 aliphatic rings. The Morgan fingerprint density at radius 3 is 3.00 bits per heavy atom. The smallest absolute Gasteiger partial charge is 0.261 e. The zero-order chi connectivity index (χ0) is 18.3. The van der Waals surface area contributed by atoms with Crippen LogP contribution in [0.2, 0.25) is 0 Å².